The van der Waals surface area contributed by atoms with E-state index in [1.165, 1.54) is 0 Å². The van der Waals surface area contributed by atoms with Crippen molar-refractivity contribution in [1.82, 2.24) is 21.3 Å². The molecule has 29 heavy (non-hydrogen) atoms. The first-order valence-electron chi connectivity index (χ1n) is 10.1. The second-order valence-electron chi connectivity index (χ2n) is 8.16. The first-order chi connectivity index (χ1) is 13.8. The molecule has 0 radical (unpaired) electrons. The number of carbonyl (C=O) groups excluding carboxylic acids is 2. The summed E-state index contributed by atoms with van der Waals surface area (Å²) < 4.78 is 14.4. The number of nitrogens with zero attached hydrogens (tertiary/aromatic N) is 2. The van der Waals surface area contributed by atoms with Crippen molar-refractivity contribution >= 4 is 11.8 Å². The Hall–Kier alpha value is -2.49. The number of fused-ring (bicyclic) bond motifs is 1. The summed E-state index contributed by atoms with van der Waals surface area (Å²) >= 11 is 0. The summed E-state index contributed by atoms with van der Waals surface area (Å²) in [5.74, 6) is -1.17. The van der Waals surface area contributed by atoms with E-state index in [9.17, 15) is 19.2 Å². The summed E-state index contributed by atoms with van der Waals surface area (Å²) in [5.41, 5.74) is 1.13. The zero-order chi connectivity index (χ0) is 21.1. The fourth-order valence-corrected chi connectivity index (χ4v) is 4.68. The van der Waals surface area contributed by atoms with Gasteiger partial charge < -0.3 is 21.3 Å². The van der Waals surface area contributed by atoms with E-state index in [1.54, 1.807) is 6.92 Å². The predicted molar refractivity (Wildman–Crippen MR) is 103 cm³/mol. The van der Waals surface area contributed by atoms with Gasteiger partial charge in [0, 0.05) is 30.1 Å². The number of hydrogen-bond acceptors (Lipinski definition) is 6. The maximum Gasteiger partial charge on any atom is 0.247 e. The van der Waals surface area contributed by atoms with Crippen LogP contribution in [0.4, 0.5) is 4.39 Å². The van der Waals surface area contributed by atoms with Gasteiger partial charge in [-0.3, -0.25) is 9.59 Å². The molecule has 0 aliphatic carbocycles. The minimum atomic E-state index is -1.23. The highest BCUT2D eigenvalue weighted by Gasteiger charge is 2.41. The molecule has 6 unspecified atom stereocenters. The van der Waals surface area contributed by atoms with Gasteiger partial charge in [-0.25, -0.2) is 4.39 Å². The molecule has 0 saturated carbocycles. The standard InChI is InChI=1S/C20H27FN6O2/c1-10-13(20(29)27-15-3-4-24-16(8-23)18(10)15)6-17(28)26-11(2)19-14(21)5-12(7-22)9-25-19/h11-12,14-16,18-19,24-25H,3-6,9H2,1-2H3,(H,26,28)(H,27,29)/t11-,12?,14?,15?,16?,18?,19?/m0/s1. The lowest BCUT2D eigenvalue weighted by Gasteiger charge is -2.41. The number of nitriles is 2. The van der Waals surface area contributed by atoms with Crippen molar-refractivity contribution in [3.63, 3.8) is 0 Å². The van der Waals surface area contributed by atoms with Crippen molar-refractivity contribution in [2.75, 3.05) is 13.1 Å². The fourth-order valence-electron chi connectivity index (χ4n) is 4.68. The number of amides is 2. The molecule has 9 heteroatoms. The number of piperidine rings is 2. The zero-order valence-corrected chi connectivity index (χ0v) is 16.7. The van der Waals surface area contributed by atoms with E-state index >= 15 is 0 Å². The minimum absolute atomic E-state index is 0.106. The van der Waals surface area contributed by atoms with Gasteiger partial charge in [0.05, 0.1) is 30.5 Å². The molecule has 156 valence electrons. The van der Waals surface area contributed by atoms with E-state index in [-0.39, 0.29) is 42.5 Å². The van der Waals surface area contributed by atoms with Gasteiger partial charge in [-0.05, 0) is 33.2 Å². The van der Waals surface area contributed by atoms with Crippen LogP contribution in [0.3, 0.4) is 0 Å². The van der Waals surface area contributed by atoms with Gasteiger partial charge in [0.15, 0.2) is 0 Å². The molecule has 2 saturated heterocycles. The molecule has 8 nitrogen and oxygen atoms in total. The normalized spacial score (nSPS) is 35.6. The van der Waals surface area contributed by atoms with Crippen molar-refractivity contribution in [2.45, 2.75) is 63.4 Å². The topological polar surface area (TPSA) is 130 Å². The summed E-state index contributed by atoms with van der Waals surface area (Å²) in [6.45, 7) is 4.57. The van der Waals surface area contributed by atoms with Gasteiger partial charge in [0.1, 0.15) is 12.2 Å². The van der Waals surface area contributed by atoms with E-state index in [4.69, 9.17) is 5.26 Å². The van der Waals surface area contributed by atoms with Crippen LogP contribution in [0.15, 0.2) is 11.1 Å². The zero-order valence-electron chi connectivity index (χ0n) is 16.7. The molecule has 3 heterocycles. The molecule has 2 fully saturated rings. The van der Waals surface area contributed by atoms with Gasteiger partial charge in [-0.1, -0.05) is 5.57 Å². The Bertz CT molecular complexity index is 785. The van der Waals surface area contributed by atoms with Crippen LogP contribution in [0.1, 0.15) is 33.1 Å². The SMILES string of the molecule is CC1=C(CC(=O)N[C@@H](C)C2NCC(C#N)CC2F)C(=O)NC2CCNC(C#N)C12. The third-order valence-corrected chi connectivity index (χ3v) is 6.26. The molecule has 4 N–H and O–H groups in total. The Morgan fingerprint density at radius 3 is 2.76 bits per heavy atom. The molecule has 3 rings (SSSR count). The highest BCUT2D eigenvalue weighted by atomic mass is 19.1. The van der Waals surface area contributed by atoms with Crippen LogP contribution in [-0.4, -0.2) is 55.2 Å². The van der Waals surface area contributed by atoms with Crippen LogP contribution in [0.2, 0.25) is 0 Å². The van der Waals surface area contributed by atoms with Crippen molar-refractivity contribution in [3.05, 3.63) is 11.1 Å². The molecule has 0 bridgehead atoms. The summed E-state index contributed by atoms with van der Waals surface area (Å²) in [5, 5.41) is 30.2. The Morgan fingerprint density at radius 1 is 1.34 bits per heavy atom. The van der Waals surface area contributed by atoms with Crippen molar-refractivity contribution in [3.8, 4) is 12.1 Å². The molecule has 0 spiro atoms. The van der Waals surface area contributed by atoms with E-state index < -0.39 is 24.3 Å². The maximum absolute atomic E-state index is 14.4. The van der Waals surface area contributed by atoms with Gasteiger partial charge in [0.25, 0.3) is 0 Å². The number of rotatable bonds is 4. The van der Waals surface area contributed by atoms with Crippen molar-refractivity contribution < 1.29 is 14.0 Å². The molecule has 0 aromatic carbocycles. The first kappa shape index (κ1) is 21.2. The Kier molecular flexibility index (Phi) is 6.51. The number of alkyl halides is 1. The summed E-state index contributed by atoms with van der Waals surface area (Å²) in [6.07, 6.45) is -0.467. The van der Waals surface area contributed by atoms with Crippen LogP contribution in [0.5, 0.6) is 0 Å². The van der Waals surface area contributed by atoms with E-state index in [1.807, 2.05) is 6.92 Å². The van der Waals surface area contributed by atoms with E-state index in [0.717, 1.165) is 12.0 Å². The smallest absolute Gasteiger partial charge is 0.247 e. The molecular weight excluding hydrogens is 375 g/mol. The summed E-state index contributed by atoms with van der Waals surface area (Å²) in [6, 6.07) is 2.73. The van der Waals surface area contributed by atoms with Gasteiger partial charge >= 0.3 is 0 Å². The number of hydrogen-bond donors (Lipinski definition) is 4. The third-order valence-electron chi connectivity index (χ3n) is 6.26. The van der Waals surface area contributed by atoms with Gasteiger partial charge in [0.2, 0.25) is 11.8 Å². The second kappa shape index (κ2) is 8.89. The van der Waals surface area contributed by atoms with E-state index in [2.05, 4.69) is 33.4 Å². The average molecular weight is 402 g/mol. The second-order valence-corrected chi connectivity index (χ2v) is 8.16. The predicted octanol–water partition coefficient (Wildman–Crippen LogP) is 0.0376. The third kappa shape index (κ3) is 4.42. The van der Waals surface area contributed by atoms with Crippen LogP contribution in [-0.2, 0) is 9.59 Å². The lowest BCUT2D eigenvalue weighted by atomic mass is 9.76. The summed E-state index contributed by atoms with van der Waals surface area (Å²) in [4.78, 5) is 25.1. The number of carbonyl (C=O) groups is 2. The first-order valence-corrected chi connectivity index (χ1v) is 10.1. The van der Waals surface area contributed by atoms with Crippen LogP contribution in [0.25, 0.3) is 0 Å². The Morgan fingerprint density at radius 2 is 2.10 bits per heavy atom. The monoisotopic (exact) mass is 402 g/mol. The lowest BCUT2D eigenvalue weighted by molar-refractivity contribution is -0.124. The maximum atomic E-state index is 14.4. The Balaban J connectivity index is 1.66. The largest absolute Gasteiger partial charge is 0.352 e. The quantitative estimate of drug-likeness (QED) is 0.525. The van der Waals surface area contributed by atoms with Gasteiger partial charge in [-0.15, -0.1) is 0 Å². The van der Waals surface area contributed by atoms with E-state index in [0.29, 0.717) is 18.7 Å². The van der Waals surface area contributed by atoms with Crippen LogP contribution >= 0.6 is 0 Å². The van der Waals surface area contributed by atoms with Crippen LogP contribution < -0.4 is 21.3 Å². The Labute approximate surface area is 169 Å². The van der Waals surface area contributed by atoms with Crippen LogP contribution in [0, 0.1) is 34.5 Å². The number of halogens is 1. The molecule has 0 aromatic heterocycles. The average Bonchev–Trinajstić information content (AvgIpc) is 2.70. The minimum Gasteiger partial charge on any atom is -0.352 e. The number of nitrogens with one attached hydrogen (secondary N) is 4. The molecule has 7 atom stereocenters. The molecule has 2 amide bonds. The van der Waals surface area contributed by atoms with Gasteiger partial charge in [-0.2, -0.15) is 10.5 Å². The molecule has 3 aliphatic rings. The fraction of sp³-hybridized carbons (Fsp3) is 0.700. The molecule has 0 aromatic rings. The van der Waals surface area contributed by atoms with Crippen molar-refractivity contribution in [2.24, 2.45) is 11.8 Å². The molecular formula is C20H27FN6O2. The van der Waals surface area contributed by atoms with Crippen molar-refractivity contribution in [1.29, 1.82) is 10.5 Å². The highest BCUT2D eigenvalue weighted by Crippen LogP contribution is 2.32. The lowest BCUT2D eigenvalue weighted by Crippen LogP contribution is -2.58. The highest BCUT2D eigenvalue weighted by molar-refractivity contribution is 6.00. The summed E-state index contributed by atoms with van der Waals surface area (Å²) in [7, 11) is 0. The molecule has 3 aliphatic heterocycles.